The summed E-state index contributed by atoms with van der Waals surface area (Å²) in [6.45, 7) is 6.55. The maximum absolute atomic E-state index is 13.0. The Morgan fingerprint density at radius 1 is 0.821 bits per heavy atom. The van der Waals surface area contributed by atoms with Crippen molar-refractivity contribution >= 4 is 17.5 Å². The zero-order valence-corrected chi connectivity index (χ0v) is 17.3. The summed E-state index contributed by atoms with van der Waals surface area (Å²) in [6, 6.07) is 13.6. The van der Waals surface area contributed by atoms with Crippen molar-refractivity contribution in [3.8, 4) is 0 Å². The summed E-state index contributed by atoms with van der Waals surface area (Å²) in [6.07, 6.45) is 8.15. The summed E-state index contributed by atoms with van der Waals surface area (Å²) in [7, 11) is 0. The number of carbonyl (C=O) groups excluding carboxylic acids is 2. The Kier molecular flexibility index (Phi) is 6.66. The summed E-state index contributed by atoms with van der Waals surface area (Å²) < 4.78 is 0. The number of anilines is 1. The van der Waals surface area contributed by atoms with Crippen LogP contribution in [-0.2, 0) is 6.42 Å². The van der Waals surface area contributed by atoms with Crippen LogP contribution >= 0.6 is 0 Å². The minimum atomic E-state index is -0.217. The Morgan fingerprint density at radius 3 is 2.18 bits per heavy atom. The van der Waals surface area contributed by atoms with Crippen molar-refractivity contribution in [2.24, 2.45) is 0 Å². The SMILES string of the molecule is CCCCCCCc1ccc2c(c1)C(=O)N(c1ccc(C(C)CC)cc1)C2=O. The fourth-order valence-corrected chi connectivity index (χ4v) is 3.80. The number of rotatable bonds is 9. The molecule has 0 radical (unpaired) electrons. The van der Waals surface area contributed by atoms with Gasteiger partial charge in [0.15, 0.2) is 0 Å². The van der Waals surface area contributed by atoms with Gasteiger partial charge in [-0.05, 0) is 60.6 Å². The zero-order chi connectivity index (χ0) is 20.1. The third kappa shape index (κ3) is 4.19. The van der Waals surface area contributed by atoms with Gasteiger partial charge in [-0.3, -0.25) is 9.59 Å². The Morgan fingerprint density at radius 2 is 1.50 bits per heavy atom. The maximum atomic E-state index is 13.0. The van der Waals surface area contributed by atoms with Gasteiger partial charge in [-0.15, -0.1) is 0 Å². The molecule has 2 amide bonds. The largest absolute Gasteiger partial charge is 0.268 e. The van der Waals surface area contributed by atoms with Gasteiger partial charge in [-0.1, -0.05) is 64.7 Å². The normalized spacial score (nSPS) is 14.5. The number of imide groups is 1. The number of benzene rings is 2. The highest BCUT2D eigenvalue weighted by Crippen LogP contribution is 2.30. The lowest BCUT2D eigenvalue weighted by molar-refractivity contribution is 0.0926. The molecule has 148 valence electrons. The molecule has 3 heteroatoms. The standard InChI is InChI=1S/C25H31NO2/c1-4-6-7-8-9-10-19-11-16-22-23(17-19)25(28)26(24(22)27)21-14-12-20(13-15-21)18(3)5-2/h11-18H,4-10H2,1-3H3. The van der Waals surface area contributed by atoms with Gasteiger partial charge in [0, 0.05) is 0 Å². The lowest BCUT2D eigenvalue weighted by Crippen LogP contribution is -2.29. The predicted octanol–water partition coefficient (Wildman–Crippen LogP) is 6.51. The van der Waals surface area contributed by atoms with Gasteiger partial charge >= 0.3 is 0 Å². The molecule has 0 spiro atoms. The average molecular weight is 378 g/mol. The fraction of sp³-hybridized carbons (Fsp3) is 0.440. The summed E-state index contributed by atoms with van der Waals surface area (Å²) in [5, 5.41) is 0. The molecule has 0 aliphatic carbocycles. The highest BCUT2D eigenvalue weighted by molar-refractivity contribution is 6.34. The molecule has 1 aliphatic heterocycles. The molecule has 3 nitrogen and oxygen atoms in total. The molecule has 1 heterocycles. The first-order chi connectivity index (χ1) is 13.6. The zero-order valence-electron chi connectivity index (χ0n) is 17.3. The molecule has 2 aromatic carbocycles. The summed E-state index contributed by atoms with van der Waals surface area (Å²) in [5.74, 6) is 0.0472. The molecular weight excluding hydrogens is 346 g/mol. The molecule has 1 unspecified atom stereocenters. The number of aryl methyl sites for hydroxylation is 1. The molecule has 0 saturated heterocycles. The topological polar surface area (TPSA) is 37.4 Å². The molecule has 0 N–H and O–H groups in total. The van der Waals surface area contributed by atoms with Crippen LogP contribution < -0.4 is 4.90 Å². The first-order valence-electron chi connectivity index (χ1n) is 10.7. The molecule has 0 fully saturated rings. The van der Waals surface area contributed by atoms with E-state index in [4.69, 9.17) is 0 Å². The van der Waals surface area contributed by atoms with E-state index in [0.717, 1.165) is 24.8 Å². The van der Waals surface area contributed by atoms with E-state index in [0.29, 0.717) is 22.7 Å². The second-order valence-electron chi connectivity index (χ2n) is 7.89. The van der Waals surface area contributed by atoms with Crippen LogP contribution in [0.15, 0.2) is 42.5 Å². The second kappa shape index (κ2) is 9.18. The van der Waals surface area contributed by atoms with Gasteiger partial charge in [-0.25, -0.2) is 4.90 Å². The van der Waals surface area contributed by atoms with E-state index in [2.05, 4.69) is 20.8 Å². The molecule has 1 aliphatic rings. The first-order valence-corrected chi connectivity index (χ1v) is 10.7. The van der Waals surface area contributed by atoms with Crippen LogP contribution in [0, 0.1) is 0 Å². The quantitative estimate of drug-likeness (QED) is 0.369. The molecule has 0 aromatic heterocycles. The molecule has 1 atom stereocenters. The van der Waals surface area contributed by atoms with E-state index in [1.807, 2.05) is 42.5 Å². The van der Waals surface area contributed by atoms with Crippen LogP contribution in [0.3, 0.4) is 0 Å². The number of carbonyl (C=O) groups is 2. The number of hydrogen-bond acceptors (Lipinski definition) is 2. The van der Waals surface area contributed by atoms with E-state index in [1.165, 1.54) is 36.1 Å². The van der Waals surface area contributed by atoms with Crippen molar-refractivity contribution < 1.29 is 9.59 Å². The van der Waals surface area contributed by atoms with Gasteiger partial charge in [0.1, 0.15) is 0 Å². The molecule has 0 bridgehead atoms. The molecule has 3 rings (SSSR count). The van der Waals surface area contributed by atoms with Crippen molar-refractivity contribution in [1.82, 2.24) is 0 Å². The van der Waals surface area contributed by atoms with Crippen LogP contribution in [0.2, 0.25) is 0 Å². The number of amides is 2. The number of fused-ring (bicyclic) bond motifs is 1. The predicted molar refractivity (Wildman–Crippen MR) is 115 cm³/mol. The smallest absolute Gasteiger partial charge is 0.266 e. The van der Waals surface area contributed by atoms with Crippen molar-refractivity contribution in [2.75, 3.05) is 4.90 Å². The minimum absolute atomic E-state index is 0.205. The van der Waals surface area contributed by atoms with Crippen molar-refractivity contribution in [1.29, 1.82) is 0 Å². The third-order valence-corrected chi connectivity index (χ3v) is 5.85. The average Bonchev–Trinajstić information content (AvgIpc) is 2.97. The maximum Gasteiger partial charge on any atom is 0.266 e. The second-order valence-corrected chi connectivity index (χ2v) is 7.89. The van der Waals surface area contributed by atoms with Gasteiger partial charge in [-0.2, -0.15) is 0 Å². The van der Waals surface area contributed by atoms with Gasteiger partial charge in [0.25, 0.3) is 11.8 Å². The summed E-state index contributed by atoms with van der Waals surface area (Å²) in [4.78, 5) is 27.1. The first kappa shape index (κ1) is 20.3. The van der Waals surface area contributed by atoms with Crippen LogP contribution in [0.4, 0.5) is 5.69 Å². The van der Waals surface area contributed by atoms with E-state index >= 15 is 0 Å². The van der Waals surface area contributed by atoms with Crippen molar-refractivity contribution in [3.05, 3.63) is 64.7 Å². The minimum Gasteiger partial charge on any atom is -0.268 e. The van der Waals surface area contributed by atoms with Crippen LogP contribution in [0.5, 0.6) is 0 Å². The van der Waals surface area contributed by atoms with Gasteiger partial charge in [0.05, 0.1) is 16.8 Å². The number of hydrogen-bond donors (Lipinski definition) is 0. The van der Waals surface area contributed by atoms with E-state index < -0.39 is 0 Å². The summed E-state index contributed by atoms with van der Waals surface area (Å²) in [5.41, 5.74) is 4.09. The fourth-order valence-electron chi connectivity index (χ4n) is 3.80. The van der Waals surface area contributed by atoms with Gasteiger partial charge in [0.2, 0.25) is 0 Å². The van der Waals surface area contributed by atoms with Gasteiger partial charge < -0.3 is 0 Å². The summed E-state index contributed by atoms with van der Waals surface area (Å²) >= 11 is 0. The van der Waals surface area contributed by atoms with E-state index in [1.54, 1.807) is 0 Å². The highest BCUT2D eigenvalue weighted by Gasteiger charge is 2.36. The molecule has 28 heavy (non-hydrogen) atoms. The van der Waals surface area contributed by atoms with E-state index in [9.17, 15) is 9.59 Å². The molecular formula is C25H31NO2. The van der Waals surface area contributed by atoms with Crippen LogP contribution in [0.1, 0.15) is 97.1 Å². The third-order valence-electron chi connectivity index (χ3n) is 5.85. The lowest BCUT2D eigenvalue weighted by Gasteiger charge is -2.15. The molecule has 0 saturated carbocycles. The van der Waals surface area contributed by atoms with E-state index in [-0.39, 0.29) is 11.8 Å². The highest BCUT2D eigenvalue weighted by atomic mass is 16.2. The Balaban J connectivity index is 1.74. The van der Waals surface area contributed by atoms with Crippen molar-refractivity contribution in [3.63, 3.8) is 0 Å². The Bertz CT molecular complexity index is 838. The Labute approximate surface area is 168 Å². The number of nitrogens with zero attached hydrogens (tertiary/aromatic N) is 1. The van der Waals surface area contributed by atoms with Crippen LogP contribution in [-0.4, -0.2) is 11.8 Å². The monoisotopic (exact) mass is 377 g/mol. The van der Waals surface area contributed by atoms with Crippen molar-refractivity contribution in [2.45, 2.75) is 71.6 Å². The molecule has 2 aromatic rings. The number of unbranched alkanes of at least 4 members (excludes halogenated alkanes) is 4. The van der Waals surface area contributed by atoms with Crippen LogP contribution in [0.25, 0.3) is 0 Å². The Hall–Kier alpha value is -2.42. The lowest BCUT2D eigenvalue weighted by atomic mass is 9.98.